The molecule has 18 heavy (non-hydrogen) atoms. The molecule has 1 heterocycles. The van der Waals surface area contributed by atoms with E-state index in [0.29, 0.717) is 18.1 Å². The molecule has 0 spiro atoms. The Morgan fingerprint density at radius 2 is 2.28 bits per heavy atom. The van der Waals surface area contributed by atoms with Crippen LogP contribution >= 0.6 is 0 Å². The van der Waals surface area contributed by atoms with E-state index in [2.05, 4.69) is 15.5 Å². The van der Waals surface area contributed by atoms with Crippen LogP contribution in [0.3, 0.4) is 0 Å². The minimum Gasteiger partial charge on any atom is -0.384 e. The van der Waals surface area contributed by atoms with Crippen LogP contribution in [-0.2, 0) is 6.54 Å². The van der Waals surface area contributed by atoms with Gasteiger partial charge in [0.05, 0.1) is 17.4 Å². The molecule has 0 aliphatic carbocycles. The Kier molecular flexibility index (Phi) is 3.13. The molecule has 2 rings (SSSR count). The number of nitrogen functional groups attached to an aromatic ring is 1. The van der Waals surface area contributed by atoms with E-state index >= 15 is 0 Å². The van der Waals surface area contributed by atoms with Gasteiger partial charge in [-0.15, -0.1) is 0 Å². The normalized spacial score (nSPS) is 10.3. The number of nitrogens with zero attached hydrogens (tertiary/aromatic N) is 1. The molecule has 2 aromatic rings. The highest BCUT2D eigenvalue weighted by Crippen LogP contribution is 2.19. The topological polar surface area (TPSA) is 110 Å². The van der Waals surface area contributed by atoms with Crippen molar-refractivity contribution < 1.29 is 9.18 Å². The van der Waals surface area contributed by atoms with Crippen molar-refractivity contribution in [2.75, 3.05) is 11.1 Å². The lowest BCUT2D eigenvalue weighted by Gasteiger charge is -2.10. The smallest absolute Gasteiger partial charge is 0.253 e. The van der Waals surface area contributed by atoms with Gasteiger partial charge in [-0.1, -0.05) is 6.07 Å². The van der Waals surface area contributed by atoms with Gasteiger partial charge in [0.15, 0.2) is 0 Å². The summed E-state index contributed by atoms with van der Waals surface area (Å²) in [6, 6.07) is 4.24. The highest BCUT2D eigenvalue weighted by atomic mass is 19.1. The molecule has 0 unspecified atom stereocenters. The van der Waals surface area contributed by atoms with E-state index < -0.39 is 11.7 Å². The Balaban J connectivity index is 2.22. The van der Waals surface area contributed by atoms with Crippen LogP contribution in [-0.4, -0.2) is 16.1 Å². The Hall–Kier alpha value is -2.57. The summed E-state index contributed by atoms with van der Waals surface area (Å²) in [6.07, 6.45) is 1.55. The van der Waals surface area contributed by atoms with Crippen LogP contribution in [0.5, 0.6) is 0 Å². The second kappa shape index (κ2) is 4.74. The zero-order valence-electron chi connectivity index (χ0n) is 9.40. The molecule has 1 amide bonds. The molecular formula is C11H12FN5O. The van der Waals surface area contributed by atoms with E-state index in [9.17, 15) is 9.18 Å². The van der Waals surface area contributed by atoms with Gasteiger partial charge in [0.25, 0.3) is 5.91 Å². The van der Waals surface area contributed by atoms with Crippen molar-refractivity contribution in [3.8, 4) is 0 Å². The van der Waals surface area contributed by atoms with Gasteiger partial charge in [-0.25, -0.2) is 4.39 Å². The molecule has 6 nitrogen and oxygen atoms in total. The first-order valence-corrected chi connectivity index (χ1v) is 5.19. The van der Waals surface area contributed by atoms with Gasteiger partial charge in [-0.3, -0.25) is 9.89 Å². The van der Waals surface area contributed by atoms with E-state index in [4.69, 9.17) is 11.5 Å². The van der Waals surface area contributed by atoms with Gasteiger partial charge in [-0.05, 0) is 12.1 Å². The lowest BCUT2D eigenvalue weighted by atomic mass is 10.1. The molecule has 1 aromatic carbocycles. The van der Waals surface area contributed by atoms with Gasteiger partial charge < -0.3 is 16.8 Å². The number of carbonyl (C=O) groups excluding carboxylic acids is 1. The molecule has 94 valence electrons. The zero-order valence-corrected chi connectivity index (χ0v) is 9.40. The third-order valence-corrected chi connectivity index (χ3v) is 2.48. The van der Waals surface area contributed by atoms with E-state index in [1.54, 1.807) is 12.3 Å². The van der Waals surface area contributed by atoms with Gasteiger partial charge in [0, 0.05) is 12.1 Å². The number of hydrogen-bond acceptors (Lipinski definition) is 4. The maximum atomic E-state index is 13.5. The number of aromatic nitrogens is 2. The number of H-pyrrole nitrogens is 1. The van der Waals surface area contributed by atoms with Crippen molar-refractivity contribution in [1.29, 1.82) is 0 Å². The zero-order chi connectivity index (χ0) is 13.1. The summed E-state index contributed by atoms with van der Waals surface area (Å²) < 4.78 is 13.5. The van der Waals surface area contributed by atoms with Gasteiger partial charge in [0.1, 0.15) is 11.6 Å². The third-order valence-electron chi connectivity index (χ3n) is 2.48. The monoisotopic (exact) mass is 249 g/mol. The summed E-state index contributed by atoms with van der Waals surface area (Å²) in [5.74, 6) is -1.07. The predicted molar refractivity (Wildman–Crippen MR) is 65.2 cm³/mol. The van der Waals surface area contributed by atoms with Gasteiger partial charge in [0.2, 0.25) is 0 Å². The highest BCUT2D eigenvalue weighted by molar-refractivity contribution is 5.98. The van der Waals surface area contributed by atoms with Crippen LogP contribution in [0.15, 0.2) is 24.4 Å². The highest BCUT2D eigenvalue weighted by Gasteiger charge is 2.13. The fourth-order valence-electron chi connectivity index (χ4n) is 1.57. The lowest BCUT2D eigenvalue weighted by Crippen LogP contribution is -2.16. The Morgan fingerprint density at radius 3 is 2.89 bits per heavy atom. The van der Waals surface area contributed by atoms with Gasteiger partial charge >= 0.3 is 0 Å². The number of halogens is 1. The molecule has 0 aliphatic rings. The number of nitrogens with one attached hydrogen (secondary N) is 2. The van der Waals surface area contributed by atoms with Crippen molar-refractivity contribution in [2.45, 2.75) is 6.54 Å². The fraction of sp³-hybridized carbons (Fsp3) is 0.0909. The number of rotatable bonds is 4. The summed E-state index contributed by atoms with van der Waals surface area (Å²) in [7, 11) is 0. The van der Waals surface area contributed by atoms with Crippen LogP contribution in [0, 0.1) is 5.82 Å². The first-order valence-electron chi connectivity index (χ1n) is 5.19. The Bertz CT molecular complexity index is 581. The molecule has 0 saturated carbocycles. The first-order chi connectivity index (χ1) is 8.59. The van der Waals surface area contributed by atoms with Crippen LogP contribution < -0.4 is 16.8 Å². The molecule has 0 bridgehead atoms. The molecule has 1 aromatic heterocycles. The lowest BCUT2D eigenvalue weighted by molar-refractivity contribution is 0.0997. The number of carbonyl (C=O) groups is 1. The Labute approximate surface area is 102 Å². The number of hydrogen-bond donors (Lipinski definition) is 4. The summed E-state index contributed by atoms with van der Waals surface area (Å²) >= 11 is 0. The minimum absolute atomic E-state index is 0.167. The third kappa shape index (κ3) is 2.24. The van der Waals surface area contributed by atoms with E-state index in [-0.39, 0.29) is 5.56 Å². The standard InChI is InChI=1S/C11H12FN5O/c12-7-2-1-3-8(9(7)11(14)18)15-4-6-5-16-17-10(6)13/h1-3,5,15H,4H2,(H2,14,18)(H3,13,16,17). The van der Waals surface area contributed by atoms with Crippen LogP contribution in [0.2, 0.25) is 0 Å². The van der Waals surface area contributed by atoms with Crippen molar-refractivity contribution in [1.82, 2.24) is 10.2 Å². The second-order valence-corrected chi connectivity index (χ2v) is 3.69. The van der Waals surface area contributed by atoms with Crippen LogP contribution in [0.1, 0.15) is 15.9 Å². The van der Waals surface area contributed by atoms with Gasteiger partial charge in [-0.2, -0.15) is 5.10 Å². The molecular weight excluding hydrogens is 237 g/mol. The molecule has 0 atom stereocenters. The largest absolute Gasteiger partial charge is 0.384 e. The SMILES string of the molecule is NC(=O)c1c(F)cccc1NCc1cn[nH]c1N. The maximum absolute atomic E-state index is 13.5. The summed E-state index contributed by atoms with van der Waals surface area (Å²) in [5, 5.41) is 9.23. The quantitative estimate of drug-likeness (QED) is 0.643. The van der Waals surface area contributed by atoms with E-state index in [0.717, 1.165) is 5.56 Å². The summed E-state index contributed by atoms with van der Waals surface area (Å²) in [5.41, 5.74) is 11.6. The second-order valence-electron chi connectivity index (χ2n) is 3.69. The van der Waals surface area contributed by atoms with Crippen molar-refractivity contribution in [2.24, 2.45) is 5.73 Å². The summed E-state index contributed by atoms with van der Waals surface area (Å²) in [6.45, 7) is 0.312. The average Bonchev–Trinajstić information content (AvgIpc) is 2.71. The first kappa shape index (κ1) is 11.9. The number of anilines is 2. The van der Waals surface area contributed by atoms with Crippen LogP contribution in [0.25, 0.3) is 0 Å². The number of benzene rings is 1. The average molecular weight is 249 g/mol. The number of primary amides is 1. The molecule has 6 N–H and O–H groups in total. The molecule has 0 saturated heterocycles. The maximum Gasteiger partial charge on any atom is 0.253 e. The predicted octanol–water partition coefficient (Wildman–Crippen LogP) is 0.842. The molecule has 0 fully saturated rings. The van der Waals surface area contributed by atoms with E-state index in [1.807, 2.05) is 0 Å². The molecule has 7 heteroatoms. The number of nitrogens with two attached hydrogens (primary N) is 2. The fourth-order valence-corrected chi connectivity index (χ4v) is 1.57. The van der Waals surface area contributed by atoms with Crippen molar-refractivity contribution in [3.63, 3.8) is 0 Å². The Morgan fingerprint density at radius 1 is 1.50 bits per heavy atom. The van der Waals surface area contributed by atoms with E-state index in [1.165, 1.54) is 12.1 Å². The minimum atomic E-state index is -0.823. The van der Waals surface area contributed by atoms with Crippen molar-refractivity contribution in [3.05, 3.63) is 41.3 Å². The molecule has 0 aliphatic heterocycles. The van der Waals surface area contributed by atoms with Crippen LogP contribution in [0.4, 0.5) is 15.9 Å². The summed E-state index contributed by atoms with van der Waals surface area (Å²) in [4.78, 5) is 11.2. The number of amides is 1. The van der Waals surface area contributed by atoms with Crippen molar-refractivity contribution >= 4 is 17.4 Å². The molecule has 0 radical (unpaired) electrons. The number of aromatic amines is 1.